The molecule has 3 heterocycles. The van der Waals surface area contributed by atoms with Gasteiger partial charge in [-0.1, -0.05) is 6.07 Å². The lowest BCUT2D eigenvalue weighted by Gasteiger charge is -2.36. The molecule has 0 spiro atoms. The van der Waals surface area contributed by atoms with Gasteiger partial charge in [0.1, 0.15) is 6.54 Å². The molecule has 6 heteroatoms. The lowest BCUT2D eigenvalue weighted by molar-refractivity contribution is -0.135. The maximum absolute atomic E-state index is 12.9. The molecule has 26 heavy (non-hydrogen) atoms. The molecular formula is C20H26N4O2. The number of aromatic nitrogens is 3. The van der Waals surface area contributed by atoms with E-state index in [1.807, 2.05) is 36.1 Å². The molecule has 3 rings (SSSR count). The Morgan fingerprint density at radius 3 is 2.85 bits per heavy atom. The Kier molecular flexibility index (Phi) is 5.81. The summed E-state index contributed by atoms with van der Waals surface area (Å²) in [4.78, 5) is 35.3. The highest BCUT2D eigenvalue weighted by atomic mass is 16.2. The van der Waals surface area contributed by atoms with Crippen molar-refractivity contribution in [3.63, 3.8) is 0 Å². The minimum Gasteiger partial charge on any atom is -0.338 e. The van der Waals surface area contributed by atoms with Crippen LogP contribution in [0.3, 0.4) is 0 Å². The van der Waals surface area contributed by atoms with Crippen LogP contribution >= 0.6 is 0 Å². The summed E-state index contributed by atoms with van der Waals surface area (Å²) in [6, 6.07) is 7.98. The van der Waals surface area contributed by atoms with Gasteiger partial charge in [-0.3, -0.25) is 14.3 Å². The van der Waals surface area contributed by atoms with Gasteiger partial charge < -0.3 is 4.90 Å². The van der Waals surface area contributed by atoms with Crippen LogP contribution in [-0.4, -0.2) is 37.9 Å². The number of pyridine rings is 1. The largest absolute Gasteiger partial charge is 0.348 e. The number of carbonyl (C=O) groups excluding carboxylic acids is 1. The second kappa shape index (κ2) is 8.25. The van der Waals surface area contributed by atoms with E-state index in [0.717, 1.165) is 50.0 Å². The van der Waals surface area contributed by atoms with Gasteiger partial charge in [-0.05, 0) is 64.2 Å². The average Bonchev–Trinajstić information content (AvgIpc) is 2.64. The highest BCUT2D eigenvalue weighted by Gasteiger charge is 2.27. The lowest BCUT2D eigenvalue weighted by Crippen LogP contribution is -2.46. The molecule has 1 saturated heterocycles. The van der Waals surface area contributed by atoms with Gasteiger partial charge in [-0.25, -0.2) is 4.79 Å². The van der Waals surface area contributed by atoms with Crippen LogP contribution in [0.5, 0.6) is 0 Å². The van der Waals surface area contributed by atoms with Crippen LogP contribution in [0.4, 0.5) is 0 Å². The van der Waals surface area contributed by atoms with E-state index < -0.39 is 0 Å². The number of piperidine rings is 1. The van der Waals surface area contributed by atoms with Crippen LogP contribution in [0, 0.1) is 13.8 Å². The van der Waals surface area contributed by atoms with Gasteiger partial charge in [0.25, 0.3) is 0 Å². The summed E-state index contributed by atoms with van der Waals surface area (Å²) in [7, 11) is 0. The Balaban J connectivity index is 1.69. The molecule has 1 atom stereocenters. The second-order valence-corrected chi connectivity index (χ2v) is 7.00. The Hall–Kier alpha value is -2.50. The van der Waals surface area contributed by atoms with E-state index in [0.29, 0.717) is 5.69 Å². The van der Waals surface area contributed by atoms with Crippen LogP contribution < -0.4 is 5.69 Å². The third-order valence-electron chi connectivity index (χ3n) is 5.05. The molecule has 1 aliphatic rings. The number of hydrogen-bond acceptors (Lipinski definition) is 4. The minimum absolute atomic E-state index is 0.00609. The molecule has 0 aromatic carbocycles. The van der Waals surface area contributed by atoms with E-state index in [4.69, 9.17) is 0 Å². The summed E-state index contributed by atoms with van der Waals surface area (Å²) in [5.74, 6) is 0.00609. The third-order valence-corrected chi connectivity index (χ3v) is 5.05. The van der Waals surface area contributed by atoms with Gasteiger partial charge in [0.15, 0.2) is 0 Å². The molecule has 2 aromatic rings. The maximum Gasteiger partial charge on any atom is 0.348 e. The smallest absolute Gasteiger partial charge is 0.338 e. The Bertz CT molecular complexity index is 816. The summed E-state index contributed by atoms with van der Waals surface area (Å²) in [6.45, 7) is 4.47. The van der Waals surface area contributed by atoms with Crippen molar-refractivity contribution in [2.45, 2.75) is 58.5 Å². The number of nitrogens with zero attached hydrogens (tertiary/aromatic N) is 4. The molecule has 1 fully saturated rings. The zero-order valence-electron chi connectivity index (χ0n) is 15.5. The SMILES string of the molecule is Cc1cc(C)n(CC(=O)N2CCCCC2CCc2ccccn2)c(=O)n1. The minimum atomic E-state index is -0.349. The van der Waals surface area contributed by atoms with Crippen LogP contribution in [-0.2, 0) is 17.8 Å². The second-order valence-electron chi connectivity index (χ2n) is 7.00. The number of rotatable bonds is 5. The zero-order chi connectivity index (χ0) is 18.5. The number of carbonyl (C=O) groups is 1. The van der Waals surface area contributed by atoms with E-state index in [9.17, 15) is 9.59 Å². The van der Waals surface area contributed by atoms with Gasteiger partial charge in [0.2, 0.25) is 5.91 Å². The molecule has 0 saturated carbocycles. The number of aryl methyl sites for hydroxylation is 3. The van der Waals surface area contributed by atoms with Crippen molar-refractivity contribution in [2.24, 2.45) is 0 Å². The molecule has 2 aromatic heterocycles. The maximum atomic E-state index is 12.9. The number of hydrogen-bond donors (Lipinski definition) is 0. The first-order chi connectivity index (χ1) is 12.5. The number of amides is 1. The molecule has 6 nitrogen and oxygen atoms in total. The van der Waals surface area contributed by atoms with E-state index in [1.54, 1.807) is 13.1 Å². The van der Waals surface area contributed by atoms with Gasteiger partial charge in [0, 0.05) is 35.9 Å². The molecule has 0 radical (unpaired) electrons. The van der Waals surface area contributed by atoms with Crippen molar-refractivity contribution in [3.8, 4) is 0 Å². The summed E-state index contributed by atoms with van der Waals surface area (Å²) < 4.78 is 1.47. The zero-order valence-corrected chi connectivity index (χ0v) is 15.5. The van der Waals surface area contributed by atoms with Crippen LogP contribution in [0.2, 0.25) is 0 Å². The van der Waals surface area contributed by atoms with Crippen molar-refractivity contribution in [1.29, 1.82) is 0 Å². The van der Waals surface area contributed by atoms with Crippen LogP contribution in [0.15, 0.2) is 35.3 Å². The summed E-state index contributed by atoms with van der Waals surface area (Å²) in [5, 5.41) is 0. The first-order valence-corrected chi connectivity index (χ1v) is 9.29. The molecule has 1 aliphatic heterocycles. The van der Waals surface area contributed by atoms with Crippen molar-refractivity contribution < 1.29 is 4.79 Å². The standard InChI is InChI=1S/C20H26N4O2/c1-15-13-16(2)24(20(26)22-15)14-19(25)23-12-6-4-8-18(23)10-9-17-7-3-5-11-21-17/h3,5,7,11,13,18H,4,6,8-10,12,14H2,1-2H3. The van der Waals surface area contributed by atoms with E-state index in [-0.39, 0.29) is 24.2 Å². The molecule has 0 bridgehead atoms. The van der Waals surface area contributed by atoms with Crippen molar-refractivity contribution >= 4 is 5.91 Å². The molecule has 1 unspecified atom stereocenters. The predicted molar refractivity (Wildman–Crippen MR) is 99.9 cm³/mol. The number of likely N-dealkylation sites (tertiary alicyclic amines) is 1. The monoisotopic (exact) mass is 354 g/mol. The van der Waals surface area contributed by atoms with Crippen molar-refractivity contribution in [3.05, 3.63) is 58.0 Å². The van der Waals surface area contributed by atoms with Crippen molar-refractivity contribution in [1.82, 2.24) is 19.4 Å². The molecule has 1 amide bonds. The first kappa shape index (κ1) is 18.3. The van der Waals surface area contributed by atoms with Crippen LogP contribution in [0.1, 0.15) is 42.8 Å². The first-order valence-electron chi connectivity index (χ1n) is 9.29. The predicted octanol–water partition coefficient (Wildman–Crippen LogP) is 2.27. The fourth-order valence-electron chi connectivity index (χ4n) is 3.68. The highest BCUT2D eigenvalue weighted by Crippen LogP contribution is 2.21. The average molecular weight is 354 g/mol. The topological polar surface area (TPSA) is 68.1 Å². The van der Waals surface area contributed by atoms with E-state index >= 15 is 0 Å². The Morgan fingerprint density at radius 1 is 1.27 bits per heavy atom. The third kappa shape index (κ3) is 4.36. The molecule has 0 aliphatic carbocycles. The fraction of sp³-hybridized carbons (Fsp3) is 0.500. The van der Waals surface area contributed by atoms with Gasteiger partial charge >= 0.3 is 5.69 Å². The van der Waals surface area contributed by atoms with Gasteiger partial charge in [0.05, 0.1) is 0 Å². The summed E-state index contributed by atoms with van der Waals surface area (Å²) >= 11 is 0. The lowest BCUT2D eigenvalue weighted by atomic mass is 9.97. The normalized spacial score (nSPS) is 17.3. The molecule has 0 N–H and O–H groups in total. The van der Waals surface area contributed by atoms with Gasteiger partial charge in [-0.15, -0.1) is 0 Å². The quantitative estimate of drug-likeness (QED) is 0.826. The molecular weight excluding hydrogens is 328 g/mol. The van der Waals surface area contributed by atoms with E-state index in [1.165, 1.54) is 4.57 Å². The molecule has 138 valence electrons. The summed E-state index contributed by atoms with van der Waals surface area (Å²) in [5.41, 5.74) is 2.17. The summed E-state index contributed by atoms with van der Waals surface area (Å²) in [6.07, 6.45) is 6.74. The Morgan fingerprint density at radius 2 is 2.12 bits per heavy atom. The Labute approximate surface area is 153 Å². The van der Waals surface area contributed by atoms with E-state index in [2.05, 4.69) is 9.97 Å². The fourth-order valence-corrected chi connectivity index (χ4v) is 3.68. The van der Waals surface area contributed by atoms with Crippen LogP contribution in [0.25, 0.3) is 0 Å². The van der Waals surface area contributed by atoms with Gasteiger partial charge in [-0.2, -0.15) is 4.98 Å². The van der Waals surface area contributed by atoms with Crippen molar-refractivity contribution in [2.75, 3.05) is 6.54 Å². The highest BCUT2D eigenvalue weighted by molar-refractivity contribution is 5.76.